The van der Waals surface area contributed by atoms with Gasteiger partial charge in [0.05, 0.1) is 5.56 Å². The van der Waals surface area contributed by atoms with Gasteiger partial charge in [-0.25, -0.2) is 4.39 Å². The average Bonchev–Trinajstić information content (AvgIpc) is 2.33. The highest BCUT2D eigenvalue weighted by Gasteiger charge is 2.09. The largest absolute Gasteiger partial charge is 0.352 e. The van der Waals surface area contributed by atoms with Gasteiger partial charge in [0.25, 0.3) is 5.91 Å². The molecule has 0 atom stereocenters. The molecule has 0 unspecified atom stereocenters. The van der Waals surface area contributed by atoms with Gasteiger partial charge in [0.1, 0.15) is 5.82 Å². The Morgan fingerprint density at radius 1 is 1.28 bits per heavy atom. The number of alkyl halides is 1. The Kier molecular flexibility index (Phi) is 7.81. The lowest BCUT2D eigenvalue weighted by Gasteiger charge is -2.06. The van der Waals surface area contributed by atoms with Crippen molar-refractivity contribution in [2.24, 2.45) is 0 Å². The third kappa shape index (κ3) is 5.65. The molecule has 1 aromatic carbocycles. The van der Waals surface area contributed by atoms with Crippen molar-refractivity contribution < 1.29 is 9.18 Å². The summed E-state index contributed by atoms with van der Waals surface area (Å²) in [6, 6.07) is 4.08. The number of halogens is 3. The first kappa shape index (κ1) is 15.9. The van der Waals surface area contributed by atoms with Gasteiger partial charge in [-0.05, 0) is 51.4 Å². The van der Waals surface area contributed by atoms with Crippen molar-refractivity contribution in [1.29, 1.82) is 0 Å². The predicted molar refractivity (Wildman–Crippen MR) is 83.8 cm³/mol. The summed E-state index contributed by atoms with van der Waals surface area (Å²) in [6.07, 6.45) is 4.56. The summed E-state index contributed by atoms with van der Waals surface area (Å²) in [5.74, 6) is -0.506. The highest BCUT2D eigenvalue weighted by atomic mass is 127. The predicted octanol–water partition coefficient (Wildman–Crippen LogP) is 4.31. The van der Waals surface area contributed by atoms with E-state index in [1.54, 1.807) is 0 Å². The molecule has 0 saturated heterocycles. The Bertz CT molecular complexity index is 401. The molecular weight excluding hydrogens is 412 g/mol. The van der Waals surface area contributed by atoms with Crippen molar-refractivity contribution in [3.63, 3.8) is 0 Å². The van der Waals surface area contributed by atoms with E-state index in [1.165, 1.54) is 35.5 Å². The molecule has 0 saturated carbocycles. The molecule has 0 spiro atoms. The van der Waals surface area contributed by atoms with Crippen LogP contribution in [0.4, 0.5) is 4.39 Å². The minimum atomic E-state index is -0.350. The molecule has 1 amide bonds. The average molecular weight is 428 g/mol. The molecule has 100 valence electrons. The molecule has 0 heterocycles. The van der Waals surface area contributed by atoms with Crippen molar-refractivity contribution in [3.05, 3.63) is 34.1 Å². The topological polar surface area (TPSA) is 29.1 Å². The fraction of sp³-hybridized carbons (Fsp3) is 0.462. The smallest absolute Gasteiger partial charge is 0.252 e. The first-order chi connectivity index (χ1) is 8.65. The number of carbonyl (C=O) groups excluding carboxylic acids is 1. The van der Waals surface area contributed by atoms with Gasteiger partial charge in [-0.2, -0.15) is 0 Å². The Hall–Kier alpha value is -0.170. The highest BCUT2D eigenvalue weighted by Crippen LogP contribution is 2.17. The van der Waals surface area contributed by atoms with Gasteiger partial charge in [-0.1, -0.05) is 35.4 Å². The van der Waals surface area contributed by atoms with Gasteiger partial charge in [0.2, 0.25) is 0 Å². The van der Waals surface area contributed by atoms with Crippen LogP contribution in [-0.4, -0.2) is 16.9 Å². The second kappa shape index (κ2) is 8.85. The molecule has 0 aliphatic rings. The lowest BCUT2D eigenvalue weighted by molar-refractivity contribution is 0.0952. The number of nitrogens with one attached hydrogen (secondary N) is 1. The molecule has 0 bridgehead atoms. The van der Waals surface area contributed by atoms with Crippen molar-refractivity contribution >= 4 is 44.4 Å². The van der Waals surface area contributed by atoms with Crippen LogP contribution in [0.25, 0.3) is 0 Å². The number of hydrogen-bond donors (Lipinski definition) is 1. The molecule has 1 rings (SSSR count). The molecule has 0 radical (unpaired) electrons. The van der Waals surface area contributed by atoms with Crippen LogP contribution in [0.1, 0.15) is 36.0 Å². The first-order valence-electron chi connectivity index (χ1n) is 5.94. The number of benzene rings is 1. The Morgan fingerprint density at radius 2 is 2.00 bits per heavy atom. The molecule has 0 fully saturated rings. The summed E-state index contributed by atoms with van der Waals surface area (Å²) in [7, 11) is 0. The van der Waals surface area contributed by atoms with E-state index in [0.29, 0.717) is 16.6 Å². The summed E-state index contributed by atoms with van der Waals surface area (Å²) < 4.78 is 14.6. The zero-order valence-electron chi connectivity index (χ0n) is 10.0. The van der Waals surface area contributed by atoms with Crippen LogP contribution in [0, 0.1) is 5.82 Å². The van der Waals surface area contributed by atoms with Gasteiger partial charge >= 0.3 is 0 Å². The second-order valence-electron chi connectivity index (χ2n) is 3.98. The van der Waals surface area contributed by atoms with E-state index in [9.17, 15) is 9.18 Å². The molecule has 18 heavy (non-hydrogen) atoms. The number of unbranched alkanes of at least 4 members (excludes halogenated alkanes) is 3. The third-order valence-electron chi connectivity index (χ3n) is 2.52. The normalized spacial score (nSPS) is 10.4. The highest BCUT2D eigenvalue weighted by molar-refractivity contribution is 14.1. The molecule has 0 aliphatic carbocycles. The van der Waals surface area contributed by atoms with E-state index in [1.807, 2.05) is 0 Å². The summed E-state index contributed by atoms with van der Waals surface area (Å²) in [5, 5.41) is 2.84. The lowest BCUT2D eigenvalue weighted by atomic mass is 10.2. The summed E-state index contributed by atoms with van der Waals surface area (Å²) >= 11 is 5.56. The van der Waals surface area contributed by atoms with E-state index in [2.05, 4.69) is 43.8 Å². The minimum absolute atomic E-state index is 0.157. The fourth-order valence-electron chi connectivity index (χ4n) is 1.54. The molecule has 5 heteroatoms. The Morgan fingerprint density at radius 3 is 2.67 bits per heavy atom. The van der Waals surface area contributed by atoms with Crippen LogP contribution < -0.4 is 5.32 Å². The quantitative estimate of drug-likeness (QED) is 0.392. The molecule has 0 aromatic heterocycles. The van der Waals surface area contributed by atoms with Gasteiger partial charge in [0.15, 0.2) is 0 Å². The maximum absolute atomic E-state index is 12.9. The van der Waals surface area contributed by atoms with Crippen LogP contribution in [-0.2, 0) is 0 Å². The summed E-state index contributed by atoms with van der Waals surface area (Å²) in [4.78, 5) is 11.8. The molecule has 0 aliphatic heterocycles. The van der Waals surface area contributed by atoms with Crippen LogP contribution in [0.15, 0.2) is 22.7 Å². The second-order valence-corrected chi connectivity index (χ2v) is 5.92. The Labute approximate surface area is 129 Å². The number of carbonyl (C=O) groups is 1. The zero-order chi connectivity index (χ0) is 13.4. The molecule has 1 aromatic rings. The summed E-state index contributed by atoms with van der Waals surface area (Å²) in [5.41, 5.74) is 0.476. The summed E-state index contributed by atoms with van der Waals surface area (Å²) in [6.45, 7) is 0.671. The van der Waals surface area contributed by atoms with Gasteiger partial charge < -0.3 is 5.32 Å². The van der Waals surface area contributed by atoms with Gasteiger partial charge in [-0.15, -0.1) is 0 Å². The van der Waals surface area contributed by atoms with Gasteiger partial charge in [0, 0.05) is 11.0 Å². The zero-order valence-corrected chi connectivity index (χ0v) is 13.8. The number of amides is 1. The maximum atomic E-state index is 12.9. The van der Waals surface area contributed by atoms with E-state index in [0.717, 1.165) is 12.8 Å². The number of hydrogen-bond acceptors (Lipinski definition) is 1. The third-order valence-corrected chi connectivity index (χ3v) is 3.94. The first-order valence-corrected chi connectivity index (χ1v) is 8.26. The molecule has 1 N–H and O–H groups in total. The lowest BCUT2D eigenvalue weighted by Crippen LogP contribution is -2.24. The van der Waals surface area contributed by atoms with Crippen molar-refractivity contribution in [1.82, 2.24) is 5.32 Å². The van der Waals surface area contributed by atoms with E-state index in [-0.39, 0.29) is 11.7 Å². The van der Waals surface area contributed by atoms with E-state index >= 15 is 0 Å². The fourth-order valence-corrected chi connectivity index (χ4v) is 2.61. The van der Waals surface area contributed by atoms with E-state index < -0.39 is 0 Å². The van der Waals surface area contributed by atoms with E-state index in [4.69, 9.17) is 0 Å². The van der Waals surface area contributed by atoms with Crippen molar-refractivity contribution in [2.45, 2.75) is 25.7 Å². The van der Waals surface area contributed by atoms with Crippen LogP contribution >= 0.6 is 38.5 Å². The van der Waals surface area contributed by atoms with Crippen molar-refractivity contribution in [2.75, 3.05) is 11.0 Å². The Balaban J connectivity index is 2.32. The van der Waals surface area contributed by atoms with Gasteiger partial charge in [-0.3, -0.25) is 4.79 Å². The SMILES string of the molecule is O=C(NCCCCCCI)c1ccc(F)cc1Br. The molecular formula is C13H16BrFINO. The van der Waals surface area contributed by atoms with Crippen LogP contribution in [0.2, 0.25) is 0 Å². The number of rotatable bonds is 7. The van der Waals surface area contributed by atoms with Crippen LogP contribution in [0.3, 0.4) is 0 Å². The standard InChI is InChI=1S/C13H16BrFINO/c14-12-9-10(15)5-6-11(12)13(18)17-8-4-2-1-3-7-16/h5-6,9H,1-4,7-8H2,(H,17,18). The minimum Gasteiger partial charge on any atom is -0.352 e. The molecule has 2 nitrogen and oxygen atoms in total. The van der Waals surface area contributed by atoms with Crippen LogP contribution in [0.5, 0.6) is 0 Å². The van der Waals surface area contributed by atoms with Crippen molar-refractivity contribution in [3.8, 4) is 0 Å². The maximum Gasteiger partial charge on any atom is 0.252 e. The monoisotopic (exact) mass is 427 g/mol.